The van der Waals surface area contributed by atoms with Crippen molar-refractivity contribution < 1.29 is 0 Å². The van der Waals surface area contributed by atoms with Crippen LogP contribution in [-0.4, -0.2) is 22.6 Å². The van der Waals surface area contributed by atoms with E-state index in [0.717, 1.165) is 38.3 Å². The Bertz CT molecular complexity index is 704. The van der Waals surface area contributed by atoms with Gasteiger partial charge in [-0.1, -0.05) is 24.6 Å². The number of benzene rings is 1. The van der Waals surface area contributed by atoms with E-state index in [9.17, 15) is 4.79 Å². The van der Waals surface area contributed by atoms with Gasteiger partial charge in [0.1, 0.15) is 5.82 Å². The topological polar surface area (TPSA) is 46.9 Å². The fraction of sp³-hybridized carbons (Fsp3) is 0.500. The summed E-state index contributed by atoms with van der Waals surface area (Å²) in [6, 6.07) is 5.45. The number of rotatable bonds is 3. The molecule has 2 aromatic rings. The zero-order chi connectivity index (χ0) is 14.8. The molecule has 1 fully saturated rings. The number of nitrogens with zero attached hydrogens (tertiary/aromatic N) is 2. The first-order chi connectivity index (χ1) is 10.2. The van der Waals surface area contributed by atoms with Crippen LogP contribution in [0.15, 0.2) is 23.0 Å². The van der Waals surface area contributed by atoms with Crippen molar-refractivity contribution in [1.29, 1.82) is 0 Å². The van der Waals surface area contributed by atoms with Gasteiger partial charge in [0, 0.05) is 13.0 Å². The highest BCUT2D eigenvalue weighted by Gasteiger charge is 2.18. The molecular formula is C16H20ClN3O. The van der Waals surface area contributed by atoms with Crippen LogP contribution in [0, 0.1) is 5.92 Å². The van der Waals surface area contributed by atoms with Crippen molar-refractivity contribution >= 4 is 22.5 Å². The molecule has 2 heterocycles. The maximum atomic E-state index is 12.8. The lowest BCUT2D eigenvalue weighted by Gasteiger charge is -2.24. The maximum absolute atomic E-state index is 12.8. The van der Waals surface area contributed by atoms with Crippen molar-refractivity contribution in [3.8, 4) is 0 Å². The van der Waals surface area contributed by atoms with Crippen molar-refractivity contribution in [2.45, 2.75) is 32.7 Å². The highest BCUT2D eigenvalue weighted by atomic mass is 35.5. The average Bonchev–Trinajstić information content (AvgIpc) is 2.51. The van der Waals surface area contributed by atoms with Crippen LogP contribution in [0.4, 0.5) is 0 Å². The van der Waals surface area contributed by atoms with Gasteiger partial charge in [-0.25, -0.2) is 4.98 Å². The highest BCUT2D eigenvalue weighted by Crippen LogP contribution is 2.20. The molecule has 1 unspecified atom stereocenters. The number of aromatic nitrogens is 2. The molecule has 0 aliphatic carbocycles. The molecule has 112 valence electrons. The molecule has 1 aliphatic heterocycles. The van der Waals surface area contributed by atoms with Crippen LogP contribution < -0.4 is 10.9 Å². The lowest BCUT2D eigenvalue weighted by Crippen LogP contribution is -2.36. The molecule has 0 bridgehead atoms. The second kappa shape index (κ2) is 6.16. The molecule has 1 atom stereocenters. The van der Waals surface area contributed by atoms with Gasteiger partial charge in [-0.15, -0.1) is 0 Å². The van der Waals surface area contributed by atoms with Gasteiger partial charge in [-0.05, 0) is 44.0 Å². The fourth-order valence-electron chi connectivity index (χ4n) is 3.07. The molecule has 1 N–H and O–H groups in total. The normalized spacial score (nSPS) is 19.0. The zero-order valence-corrected chi connectivity index (χ0v) is 13.0. The SMILES string of the molecule is CCc1nc2cccc(Cl)c2c(=O)n1CC1CCCNC1. The summed E-state index contributed by atoms with van der Waals surface area (Å²) in [5.41, 5.74) is 0.690. The van der Waals surface area contributed by atoms with E-state index in [1.54, 1.807) is 6.07 Å². The van der Waals surface area contributed by atoms with E-state index >= 15 is 0 Å². The van der Waals surface area contributed by atoms with E-state index < -0.39 is 0 Å². The quantitative estimate of drug-likeness (QED) is 0.948. The second-order valence-corrected chi connectivity index (χ2v) is 6.05. The van der Waals surface area contributed by atoms with Crippen molar-refractivity contribution in [3.05, 3.63) is 39.4 Å². The fourth-order valence-corrected chi connectivity index (χ4v) is 3.32. The average molecular weight is 306 g/mol. The number of nitrogens with one attached hydrogen (secondary N) is 1. The largest absolute Gasteiger partial charge is 0.316 e. The summed E-state index contributed by atoms with van der Waals surface area (Å²) >= 11 is 6.21. The smallest absolute Gasteiger partial charge is 0.262 e. The molecule has 0 amide bonds. The summed E-state index contributed by atoms with van der Waals surface area (Å²) in [7, 11) is 0. The Morgan fingerprint density at radius 2 is 2.33 bits per heavy atom. The van der Waals surface area contributed by atoms with E-state index in [4.69, 9.17) is 11.6 Å². The molecule has 4 nitrogen and oxygen atoms in total. The Hall–Kier alpha value is -1.39. The Morgan fingerprint density at radius 1 is 1.48 bits per heavy atom. The van der Waals surface area contributed by atoms with Gasteiger partial charge in [0.25, 0.3) is 5.56 Å². The number of hydrogen-bond acceptors (Lipinski definition) is 3. The molecule has 0 saturated carbocycles. The van der Waals surface area contributed by atoms with Crippen molar-refractivity contribution in [3.63, 3.8) is 0 Å². The Morgan fingerprint density at radius 3 is 3.05 bits per heavy atom. The van der Waals surface area contributed by atoms with E-state index in [1.807, 2.05) is 23.6 Å². The third-order valence-electron chi connectivity index (χ3n) is 4.17. The van der Waals surface area contributed by atoms with Crippen LogP contribution in [0.5, 0.6) is 0 Å². The Kier molecular flexibility index (Phi) is 4.27. The molecule has 0 radical (unpaired) electrons. The molecule has 1 aromatic heterocycles. The summed E-state index contributed by atoms with van der Waals surface area (Å²) in [5, 5.41) is 4.43. The summed E-state index contributed by atoms with van der Waals surface area (Å²) in [4.78, 5) is 17.5. The standard InChI is InChI=1S/C16H20ClN3O/c1-2-14-19-13-7-3-6-12(17)15(13)16(21)20(14)10-11-5-4-8-18-9-11/h3,6-7,11,18H,2,4-5,8-10H2,1H3. The first-order valence-electron chi connectivity index (χ1n) is 7.59. The Labute approximate surface area is 129 Å². The van der Waals surface area contributed by atoms with Gasteiger partial charge in [0.05, 0.1) is 15.9 Å². The molecule has 1 saturated heterocycles. The summed E-state index contributed by atoms with van der Waals surface area (Å²) < 4.78 is 1.83. The van der Waals surface area contributed by atoms with Crippen LogP contribution in [0.2, 0.25) is 5.02 Å². The minimum absolute atomic E-state index is 0.00646. The van der Waals surface area contributed by atoms with Gasteiger partial charge in [-0.2, -0.15) is 0 Å². The highest BCUT2D eigenvalue weighted by molar-refractivity contribution is 6.35. The molecular weight excluding hydrogens is 286 g/mol. The number of halogens is 1. The minimum atomic E-state index is -0.00646. The molecule has 1 aromatic carbocycles. The van der Waals surface area contributed by atoms with Crippen molar-refractivity contribution in [2.24, 2.45) is 5.92 Å². The van der Waals surface area contributed by atoms with Gasteiger partial charge >= 0.3 is 0 Å². The monoisotopic (exact) mass is 305 g/mol. The first-order valence-corrected chi connectivity index (χ1v) is 7.97. The molecule has 21 heavy (non-hydrogen) atoms. The predicted molar refractivity (Wildman–Crippen MR) is 86.0 cm³/mol. The summed E-state index contributed by atoms with van der Waals surface area (Å²) in [6.45, 7) is 4.81. The number of aryl methyl sites for hydroxylation is 1. The lowest BCUT2D eigenvalue weighted by atomic mass is 9.99. The zero-order valence-electron chi connectivity index (χ0n) is 12.2. The van der Waals surface area contributed by atoms with Gasteiger partial charge in [-0.3, -0.25) is 9.36 Å². The lowest BCUT2D eigenvalue weighted by molar-refractivity contribution is 0.329. The van der Waals surface area contributed by atoms with Gasteiger partial charge < -0.3 is 5.32 Å². The van der Waals surface area contributed by atoms with E-state index in [2.05, 4.69) is 10.3 Å². The molecule has 5 heteroatoms. The van der Waals surface area contributed by atoms with Crippen LogP contribution in [-0.2, 0) is 13.0 Å². The number of hydrogen-bond donors (Lipinski definition) is 1. The van der Waals surface area contributed by atoms with E-state index in [0.29, 0.717) is 21.8 Å². The van der Waals surface area contributed by atoms with Gasteiger partial charge in [0.2, 0.25) is 0 Å². The molecule has 1 aliphatic rings. The van der Waals surface area contributed by atoms with Crippen molar-refractivity contribution in [2.75, 3.05) is 13.1 Å². The second-order valence-electron chi connectivity index (χ2n) is 5.64. The van der Waals surface area contributed by atoms with Gasteiger partial charge in [0.15, 0.2) is 0 Å². The van der Waals surface area contributed by atoms with E-state index in [-0.39, 0.29) is 5.56 Å². The van der Waals surface area contributed by atoms with Crippen molar-refractivity contribution in [1.82, 2.24) is 14.9 Å². The van der Waals surface area contributed by atoms with E-state index in [1.165, 1.54) is 6.42 Å². The third-order valence-corrected chi connectivity index (χ3v) is 4.48. The number of piperidine rings is 1. The Balaban J connectivity index is 2.09. The molecule has 0 spiro atoms. The minimum Gasteiger partial charge on any atom is -0.316 e. The predicted octanol–water partition coefficient (Wildman–Crippen LogP) is 2.61. The third kappa shape index (κ3) is 2.83. The maximum Gasteiger partial charge on any atom is 0.262 e. The molecule has 3 rings (SSSR count). The van der Waals surface area contributed by atoms with Crippen LogP contribution >= 0.6 is 11.6 Å². The first kappa shape index (κ1) is 14.5. The van der Waals surface area contributed by atoms with Crippen LogP contribution in [0.25, 0.3) is 10.9 Å². The summed E-state index contributed by atoms with van der Waals surface area (Å²) in [6.07, 6.45) is 3.07. The number of fused-ring (bicyclic) bond motifs is 1. The summed E-state index contributed by atoms with van der Waals surface area (Å²) in [5.74, 6) is 1.34. The van der Waals surface area contributed by atoms with Crippen LogP contribution in [0.3, 0.4) is 0 Å². The van der Waals surface area contributed by atoms with Crippen LogP contribution in [0.1, 0.15) is 25.6 Å².